The fourth-order valence-corrected chi connectivity index (χ4v) is 1.87. The van der Waals surface area contributed by atoms with Gasteiger partial charge in [-0.25, -0.2) is 14.8 Å². The predicted molar refractivity (Wildman–Crippen MR) is 61.8 cm³/mol. The molecular weight excluding hydrogens is 240 g/mol. The van der Waals surface area contributed by atoms with E-state index in [1.165, 1.54) is 17.7 Å². The summed E-state index contributed by atoms with van der Waals surface area (Å²) >= 11 is 1.44. The first-order chi connectivity index (χ1) is 8.18. The summed E-state index contributed by atoms with van der Waals surface area (Å²) in [4.78, 5) is 19.7. The average molecular weight is 252 g/mol. The van der Waals surface area contributed by atoms with Crippen LogP contribution in [-0.2, 0) is 11.3 Å². The zero-order valence-electron chi connectivity index (χ0n) is 9.54. The van der Waals surface area contributed by atoms with Gasteiger partial charge in [0.2, 0.25) is 0 Å². The molecule has 0 unspecified atom stereocenters. The molecule has 0 atom stereocenters. The van der Waals surface area contributed by atoms with Gasteiger partial charge in [0.05, 0.1) is 0 Å². The van der Waals surface area contributed by atoms with Crippen LogP contribution in [0.5, 0.6) is 0 Å². The minimum absolute atomic E-state index is 0.0971. The quantitative estimate of drug-likeness (QED) is 0.782. The van der Waals surface area contributed by atoms with Crippen LogP contribution in [-0.4, -0.2) is 15.9 Å². The van der Waals surface area contributed by atoms with Gasteiger partial charge in [0.25, 0.3) is 0 Å². The van der Waals surface area contributed by atoms with Crippen LogP contribution in [0.25, 0.3) is 0 Å². The molecule has 2 heterocycles. The van der Waals surface area contributed by atoms with Crippen molar-refractivity contribution in [3.05, 3.63) is 34.4 Å². The number of esters is 1. The molecule has 2 rings (SSSR count). The molecule has 90 valence electrons. The smallest absolute Gasteiger partial charge is 0.361 e. The number of rotatable bonds is 4. The van der Waals surface area contributed by atoms with E-state index in [-0.39, 0.29) is 18.2 Å². The third-order valence-electron chi connectivity index (χ3n) is 2.12. The van der Waals surface area contributed by atoms with E-state index in [0.29, 0.717) is 5.76 Å². The van der Waals surface area contributed by atoms with E-state index in [1.54, 1.807) is 6.20 Å². The van der Waals surface area contributed by atoms with Crippen molar-refractivity contribution in [1.29, 1.82) is 0 Å². The molecule has 0 radical (unpaired) electrons. The highest BCUT2D eigenvalue weighted by Crippen LogP contribution is 2.19. The first-order valence-corrected chi connectivity index (χ1v) is 6.05. The number of nitrogens with zero attached hydrogens (tertiary/aromatic N) is 2. The van der Waals surface area contributed by atoms with Crippen molar-refractivity contribution in [2.45, 2.75) is 26.4 Å². The molecule has 17 heavy (non-hydrogen) atoms. The Morgan fingerprint density at radius 3 is 3.00 bits per heavy atom. The lowest BCUT2D eigenvalue weighted by molar-refractivity contribution is 0.0463. The van der Waals surface area contributed by atoms with E-state index in [4.69, 9.17) is 9.15 Å². The largest absolute Gasteiger partial charge is 0.453 e. The highest BCUT2D eigenvalue weighted by molar-refractivity contribution is 7.09. The van der Waals surface area contributed by atoms with Gasteiger partial charge in [0.1, 0.15) is 17.4 Å². The van der Waals surface area contributed by atoms with Crippen molar-refractivity contribution in [2.75, 3.05) is 0 Å². The Labute approximate surface area is 102 Å². The third kappa shape index (κ3) is 2.71. The van der Waals surface area contributed by atoms with Gasteiger partial charge >= 0.3 is 5.97 Å². The summed E-state index contributed by atoms with van der Waals surface area (Å²) in [5.41, 5.74) is 0.247. The summed E-state index contributed by atoms with van der Waals surface area (Å²) < 4.78 is 10.3. The van der Waals surface area contributed by atoms with E-state index >= 15 is 0 Å². The van der Waals surface area contributed by atoms with Crippen LogP contribution < -0.4 is 0 Å². The third-order valence-corrected chi connectivity index (χ3v) is 2.88. The molecule has 0 fully saturated rings. The molecular formula is C11H12N2O3S. The van der Waals surface area contributed by atoms with Gasteiger partial charge in [-0.1, -0.05) is 13.8 Å². The fourth-order valence-electron chi connectivity index (χ4n) is 1.34. The molecule has 0 amide bonds. The topological polar surface area (TPSA) is 65.2 Å². The molecule has 0 saturated carbocycles. The number of carbonyl (C=O) groups is 1. The molecule has 0 spiro atoms. The van der Waals surface area contributed by atoms with E-state index in [2.05, 4.69) is 9.97 Å². The summed E-state index contributed by atoms with van der Waals surface area (Å²) in [6.45, 7) is 4.02. The Morgan fingerprint density at radius 1 is 1.53 bits per heavy atom. The molecule has 0 N–H and O–H groups in total. The molecule has 0 aliphatic rings. The summed E-state index contributed by atoms with van der Waals surface area (Å²) in [6.07, 6.45) is 2.93. The van der Waals surface area contributed by atoms with E-state index in [0.717, 1.165) is 5.01 Å². The van der Waals surface area contributed by atoms with E-state index in [9.17, 15) is 4.79 Å². The maximum atomic E-state index is 11.8. The Hall–Kier alpha value is -1.69. The number of carbonyl (C=O) groups excluding carboxylic acids is 1. The van der Waals surface area contributed by atoms with Crippen LogP contribution >= 0.6 is 11.3 Å². The van der Waals surface area contributed by atoms with Crippen LogP contribution in [0.4, 0.5) is 0 Å². The first kappa shape index (κ1) is 11.8. The van der Waals surface area contributed by atoms with E-state index < -0.39 is 5.97 Å². The minimum Gasteiger partial charge on any atom is -0.453 e. The normalized spacial score (nSPS) is 10.8. The maximum Gasteiger partial charge on any atom is 0.361 e. The average Bonchev–Trinajstić information content (AvgIpc) is 2.96. The van der Waals surface area contributed by atoms with Crippen molar-refractivity contribution in [3.63, 3.8) is 0 Å². The molecule has 0 aliphatic carbocycles. The second-order valence-corrected chi connectivity index (χ2v) is 4.70. The highest BCUT2D eigenvalue weighted by Gasteiger charge is 2.20. The van der Waals surface area contributed by atoms with Gasteiger partial charge in [-0.05, 0) is 0 Å². The molecule has 0 aromatic carbocycles. The Morgan fingerprint density at radius 2 is 2.35 bits per heavy atom. The van der Waals surface area contributed by atoms with Crippen LogP contribution in [0.15, 0.2) is 22.4 Å². The molecule has 6 heteroatoms. The second-order valence-electron chi connectivity index (χ2n) is 3.72. The van der Waals surface area contributed by atoms with Gasteiger partial charge in [0, 0.05) is 17.5 Å². The highest BCUT2D eigenvalue weighted by atomic mass is 32.1. The lowest BCUT2D eigenvalue weighted by atomic mass is 10.1. The number of thiazole rings is 1. The summed E-state index contributed by atoms with van der Waals surface area (Å²) in [6, 6.07) is 0. The van der Waals surface area contributed by atoms with Crippen LogP contribution in [0, 0.1) is 0 Å². The zero-order valence-corrected chi connectivity index (χ0v) is 10.4. The van der Waals surface area contributed by atoms with Gasteiger partial charge in [0.15, 0.2) is 12.1 Å². The second kappa shape index (κ2) is 5.09. The number of hydrogen-bond acceptors (Lipinski definition) is 6. The monoisotopic (exact) mass is 252 g/mol. The number of aromatic nitrogens is 2. The zero-order chi connectivity index (χ0) is 12.3. The minimum atomic E-state index is -0.474. The lowest BCUT2D eigenvalue weighted by Crippen LogP contribution is -2.08. The summed E-state index contributed by atoms with van der Waals surface area (Å²) in [5.74, 6) is 0.173. The first-order valence-electron chi connectivity index (χ1n) is 5.17. The Kier molecular flexibility index (Phi) is 3.53. The predicted octanol–water partition coefficient (Wildman–Crippen LogP) is 2.61. The number of ether oxygens (including phenoxy) is 1. The Bertz CT molecular complexity index is 491. The molecule has 5 nitrogen and oxygen atoms in total. The molecule has 2 aromatic heterocycles. The van der Waals surface area contributed by atoms with Gasteiger partial charge < -0.3 is 9.15 Å². The van der Waals surface area contributed by atoms with Gasteiger partial charge in [-0.3, -0.25) is 0 Å². The van der Waals surface area contributed by atoms with Crippen LogP contribution in [0.1, 0.15) is 41.0 Å². The van der Waals surface area contributed by atoms with Crippen molar-refractivity contribution in [1.82, 2.24) is 9.97 Å². The van der Waals surface area contributed by atoms with Gasteiger partial charge in [-0.15, -0.1) is 11.3 Å². The molecule has 0 saturated heterocycles. The number of hydrogen-bond donors (Lipinski definition) is 0. The van der Waals surface area contributed by atoms with Crippen molar-refractivity contribution in [3.8, 4) is 0 Å². The van der Waals surface area contributed by atoms with Crippen LogP contribution in [0.3, 0.4) is 0 Å². The van der Waals surface area contributed by atoms with Crippen LogP contribution in [0.2, 0.25) is 0 Å². The van der Waals surface area contributed by atoms with E-state index in [1.807, 2.05) is 19.2 Å². The summed E-state index contributed by atoms with van der Waals surface area (Å²) in [7, 11) is 0. The van der Waals surface area contributed by atoms with Crippen molar-refractivity contribution in [2.24, 2.45) is 0 Å². The SMILES string of the molecule is CC(C)c1ocnc1C(=O)OCc1nccs1. The lowest BCUT2D eigenvalue weighted by Gasteiger charge is -2.03. The van der Waals surface area contributed by atoms with Gasteiger partial charge in [-0.2, -0.15) is 0 Å². The van der Waals surface area contributed by atoms with Crippen molar-refractivity contribution < 1.29 is 13.9 Å². The molecule has 0 bridgehead atoms. The van der Waals surface area contributed by atoms with Crippen molar-refractivity contribution >= 4 is 17.3 Å². The summed E-state index contributed by atoms with van der Waals surface area (Å²) in [5, 5.41) is 2.59. The standard InChI is InChI=1S/C11H12N2O3S/c1-7(2)10-9(13-6-16-10)11(14)15-5-8-12-3-4-17-8/h3-4,6-7H,5H2,1-2H3. The Balaban J connectivity index is 2.02. The molecule has 0 aliphatic heterocycles. The number of oxazole rings is 1. The maximum absolute atomic E-state index is 11.8. The molecule has 2 aromatic rings. The fraction of sp³-hybridized carbons (Fsp3) is 0.364.